The van der Waals surface area contributed by atoms with Gasteiger partial charge in [0.05, 0.1) is 0 Å². The van der Waals surface area contributed by atoms with Crippen molar-refractivity contribution in [2.24, 2.45) is 5.92 Å². The molecule has 0 radical (unpaired) electrons. The van der Waals surface area contributed by atoms with Crippen molar-refractivity contribution < 1.29 is 0 Å². The average Bonchev–Trinajstić information content (AvgIpc) is 2.17. The molecule has 0 saturated carbocycles. The maximum Gasteiger partial charge on any atom is 0.0104 e. The highest BCUT2D eigenvalue weighted by Gasteiger charge is 2.17. The Bertz CT molecular complexity index is 383. The van der Waals surface area contributed by atoms with Crippen molar-refractivity contribution in [2.75, 3.05) is 5.75 Å². The maximum absolute atomic E-state index is 2.37. The minimum absolute atomic E-state index is 0.246. The van der Waals surface area contributed by atoms with Crippen molar-refractivity contribution in [1.82, 2.24) is 0 Å². The van der Waals surface area contributed by atoms with Gasteiger partial charge in [-0.15, -0.1) is 11.8 Å². The van der Waals surface area contributed by atoms with E-state index in [0.717, 1.165) is 5.92 Å². The quantitative estimate of drug-likeness (QED) is 0.652. The van der Waals surface area contributed by atoms with Crippen LogP contribution in [0.25, 0.3) is 0 Å². The van der Waals surface area contributed by atoms with E-state index in [0.29, 0.717) is 0 Å². The minimum Gasteiger partial charge on any atom is -0.126 e. The van der Waals surface area contributed by atoms with E-state index in [9.17, 15) is 0 Å². The highest BCUT2D eigenvalue weighted by atomic mass is 32.2. The molecule has 0 bridgehead atoms. The predicted octanol–water partition coefficient (Wildman–Crippen LogP) is 5.35. The van der Waals surface area contributed by atoms with Crippen LogP contribution in [0.5, 0.6) is 0 Å². The van der Waals surface area contributed by atoms with Crippen LogP contribution in [-0.2, 0) is 5.41 Å². The first-order chi connectivity index (χ1) is 7.71. The summed E-state index contributed by atoms with van der Waals surface area (Å²) in [4.78, 5) is 1.45. The van der Waals surface area contributed by atoms with E-state index in [1.54, 1.807) is 0 Å². The van der Waals surface area contributed by atoms with Gasteiger partial charge in [0.25, 0.3) is 0 Å². The zero-order chi connectivity index (χ0) is 13.2. The lowest BCUT2D eigenvalue weighted by molar-refractivity contribution is 0.584. The Hall–Kier alpha value is -0.430. The van der Waals surface area contributed by atoms with Crippen molar-refractivity contribution in [2.45, 2.75) is 58.8 Å². The fraction of sp³-hybridized carbons (Fsp3) is 0.625. The third-order valence-electron chi connectivity index (χ3n) is 2.90. The topological polar surface area (TPSA) is 0 Å². The van der Waals surface area contributed by atoms with Crippen molar-refractivity contribution in [3.05, 3.63) is 28.8 Å². The molecule has 0 heterocycles. The van der Waals surface area contributed by atoms with E-state index in [1.807, 2.05) is 11.8 Å². The lowest BCUT2D eigenvalue weighted by Gasteiger charge is -2.23. The fourth-order valence-electron chi connectivity index (χ4n) is 2.01. The van der Waals surface area contributed by atoms with Gasteiger partial charge in [-0.2, -0.15) is 0 Å². The van der Waals surface area contributed by atoms with Gasteiger partial charge in [0.2, 0.25) is 0 Å². The number of aryl methyl sites for hydroxylation is 2. The van der Waals surface area contributed by atoms with E-state index >= 15 is 0 Å². The zero-order valence-corrected chi connectivity index (χ0v) is 13.2. The molecule has 0 unspecified atom stereocenters. The normalized spacial score (nSPS) is 12.2. The molecule has 1 aromatic carbocycles. The molecule has 1 aromatic rings. The summed E-state index contributed by atoms with van der Waals surface area (Å²) in [6.45, 7) is 15.9. The monoisotopic (exact) mass is 250 g/mol. The van der Waals surface area contributed by atoms with E-state index in [1.165, 1.54) is 27.3 Å². The van der Waals surface area contributed by atoms with Crippen molar-refractivity contribution in [3.8, 4) is 0 Å². The van der Waals surface area contributed by atoms with E-state index in [4.69, 9.17) is 0 Å². The molecule has 0 aliphatic carbocycles. The summed E-state index contributed by atoms with van der Waals surface area (Å²) in [6, 6.07) is 4.74. The van der Waals surface area contributed by atoms with E-state index in [-0.39, 0.29) is 5.41 Å². The second-order valence-electron chi connectivity index (χ2n) is 6.39. The summed E-state index contributed by atoms with van der Waals surface area (Å²) in [5.41, 5.74) is 4.57. The van der Waals surface area contributed by atoms with Gasteiger partial charge in [-0.05, 0) is 47.9 Å². The molecular weight excluding hydrogens is 224 g/mol. The van der Waals surface area contributed by atoms with Gasteiger partial charge in [-0.3, -0.25) is 0 Å². The summed E-state index contributed by atoms with van der Waals surface area (Å²) in [5.74, 6) is 1.96. The summed E-state index contributed by atoms with van der Waals surface area (Å²) < 4.78 is 0. The Morgan fingerprint density at radius 2 is 1.65 bits per heavy atom. The van der Waals surface area contributed by atoms with Gasteiger partial charge in [0.1, 0.15) is 0 Å². The summed E-state index contributed by atoms with van der Waals surface area (Å²) >= 11 is 1.99. The highest BCUT2D eigenvalue weighted by Crippen LogP contribution is 2.32. The van der Waals surface area contributed by atoms with Crippen LogP contribution in [0, 0.1) is 19.8 Å². The number of hydrogen-bond acceptors (Lipinski definition) is 1. The third kappa shape index (κ3) is 4.06. The van der Waals surface area contributed by atoms with Crippen molar-refractivity contribution in [3.63, 3.8) is 0 Å². The Morgan fingerprint density at radius 3 is 2.12 bits per heavy atom. The Labute approximate surface area is 111 Å². The first kappa shape index (κ1) is 14.6. The van der Waals surface area contributed by atoms with Crippen LogP contribution in [0.2, 0.25) is 0 Å². The van der Waals surface area contributed by atoms with Crippen LogP contribution in [-0.4, -0.2) is 5.75 Å². The first-order valence-corrected chi connectivity index (χ1v) is 7.45. The number of hydrogen-bond donors (Lipinski definition) is 0. The summed E-state index contributed by atoms with van der Waals surface area (Å²) in [7, 11) is 0. The molecule has 0 aromatic heterocycles. The standard InChI is InChI=1S/C16H26S/c1-11(2)10-17-15-9-12(3)14(8-13(15)4)16(5,6)7/h8-9,11H,10H2,1-7H3. The van der Waals surface area contributed by atoms with E-state index in [2.05, 4.69) is 60.6 Å². The highest BCUT2D eigenvalue weighted by molar-refractivity contribution is 7.99. The van der Waals surface area contributed by atoms with Crippen molar-refractivity contribution >= 4 is 11.8 Å². The zero-order valence-electron chi connectivity index (χ0n) is 12.3. The largest absolute Gasteiger partial charge is 0.126 e. The summed E-state index contributed by atoms with van der Waals surface area (Å²) in [6.07, 6.45) is 0. The fourth-order valence-corrected chi connectivity index (χ4v) is 3.07. The lowest BCUT2D eigenvalue weighted by Crippen LogP contribution is -2.13. The maximum atomic E-state index is 2.37. The van der Waals surface area contributed by atoms with Gasteiger partial charge in [0, 0.05) is 10.6 Å². The molecule has 0 atom stereocenters. The second kappa shape index (κ2) is 5.48. The van der Waals surface area contributed by atoms with Crippen molar-refractivity contribution in [1.29, 1.82) is 0 Å². The average molecular weight is 250 g/mol. The SMILES string of the molecule is Cc1cc(C(C)(C)C)c(C)cc1SCC(C)C. The third-order valence-corrected chi connectivity index (χ3v) is 4.49. The molecule has 0 saturated heterocycles. The summed E-state index contributed by atoms with van der Waals surface area (Å²) in [5, 5.41) is 0. The van der Waals surface area contributed by atoms with Crippen LogP contribution < -0.4 is 0 Å². The molecule has 0 spiro atoms. The van der Waals surface area contributed by atoms with Gasteiger partial charge >= 0.3 is 0 Å². The van der Waals surface area contributed by atoms with Gasteiger partial charge in [-0.1, -0.05) is 40.7 Å². The molecule has 1 heteroatoms. The number of benzene rings is 1. The molecule has 0 aliphatic rings. The Morgan fingerprint density at radius 1 is 1.06 bits per heavy atom. The van der Waals surface area contributed by atoms with E-state index < -0.39 is 0 Å². The van der Waals surface area contributed by atoms with Crippen LogP contribution in [0.4, 0.5) is 0 Å². The first-order valence-electron chi connectivity index (χ1n) is 6.46. The second-order valence-corrected chi connectivity index (χ2v) is 7.45. The molecular formula is C16H26S. The van der Waals surface area contributed by atoms with Crippen LogP contribution >= 0.6 is 11.8 Å². The lowest BCUT2D eigenvalue weighted by atomic mass is 9.83. The Balaban J connectivity index is 3.02. The van der Waals surface area contributed by atoms with Crippen LogP contribution in [0.3, 0.4) is 0 Å². The molecule has 0 N–H and O–H groups in total. The molecule has 0 fully saturated rings. The minimum atomic E-state index is 0.246. The molecule has 0 nitrogen and oxygen atoms in total. The number of rotatable bonds is 3. The number of thioether (sulfide) groups is 1. The van der Waals surface area contributed by atoms with Gasteiger partial charge < -0.3 is 0 Å². The van der Waals surface area contributed by atoms with Crippen LogP contribution in [0.1, 0.15) is 51.3 Å². The molecule has 0 amide bonds. The molecule has 17 heavy (non-hydrogen) atoms. The van der Waals surface area contributed by atoms with Crippen LogP contribution in [0.15, 0.2) is 17.0 Å². The Kier molecular flexibility index (Phi) is 4.71. The molecule has 96 valence electrons. The molecule has 0 aliphatic heterocycles. The van der Waals surface area contributed by atoms with Gasteiger partial charge in [0.15, 0.2) is 0 Å². The predicted molar refractivity (Wildman–Crippen MR) is 80.2 cm³/mol. The molecule has 1 rings (SSSR count). The smallest absolute Gasteiger partial charge is 0.0104 e. The van der Waals surface area contributed by atoms with Gasteiger partial charge in [-0.25, -0.2) is 0 Å².